The quantitative estimate of drug-likeness (QED) is 0.671. The minimum atomic E-state index is -0.573. The van der Waals surface area contributed by atoms with Crippen LogP contribution in [0.3, 0.4) is 0 Å². The van der Waals surface area contributed by atoms with Crippen LogP contribution in [-0.2, 0) is 9.53 Å². The fourth-order valence-electron chi connectivity index (χ4n) is 7.58. The van der Waals surface area contributed by atoms with E-state index >= 15 is 0 Å². The lowest BCUT2D eigenvalue weighted by Gasteiger charge is -2.65. The van der Waals surface area contributed by atoms with E-state index in [9.17, 15) is 9.90 Å². The van der Waals surface area contributed by atoms with E-state index in [1.807, 2.05) is 6.92 Å². The number of ether oxygens (including phenoxy) is 1. The molecule has 136 valence electrons. The van der Waals surface area contributed by atoms with Crippen LogP contribution >= 0.6 is 0 Å². The summed E-state index contributed by atoms with van der Waals surface area (Å²) in [4.78, 5) is 12.6. The molecule has 7 atom stereocenters. The third-order valence-electron chi connectivity index (χ3n) is 8.99. The van der Waals surface area contributed by atoms with Gasteiger partial charge in [-0.1, -0.05) is 20.3 Å². The summed E-state index contributed by atoms with van der Waals surface area (Å²) in [7, 11) is 0. The lowest BCUT2D eigenvalue weighted by Crippen LogP contribution is -2.64. The zero-order valence-electron chi connectivity index (χ0n) is 15.9. The maximum Gasteiger partial charge on any atom is 0.312 e. The maximum absolute atomic E-state index is 12.6. The van der Waals surface area contributed by atoms with Crippen LogP contribution in [0.1, 0.15) is 79.1 Å². The lowest BCUT2D eigenvalue weighted by molar-refractivity contribution is -0.230. The van der Waals surface area contributed by atoms with Crippen LogP contribution in [0, 0.1) is 34.0 Å². The highest BCUT2D eigenvalue weighted by atomic mass is 16.5. The number of aliphatic hydroxyl groups is 1. The zero-order valence-corrected chi connectivity index (χ0v) is 15.9. The molecule has 2 bridgehead atoms. The van der Waals surface area contributed by atoms with E-state index in [0.717, 1.165) is 38.5 Å². The number of hydrogen-bond donors (Lipinski definition) is 1. The molecule has 3 heteroatoms. The number of cyclic esters (lactones) is 1. The van der Waals surface area contributed by atoms with E-state index in [2.05, 4.69) is 20.8 Å². The van der Waals surface area contributed by atoms with Gasteiger partial charge in [0, 0.05) is 5.41 Å². The van der Waals surface area contributed by atoms with Gasteiger partial charge in [0.05, 0.1) is 17.6 Å². The number of fused-ring (bicyclic) bond motifs is 1. The predicted octanol–water partition coefficient (Wildman–Crippen LogP) is 4.32. The van der Waals surface area contributed by atoms with Crippen molar-refractivity contribution in [1.29, 1.82) is 0 Å². The van der Waals surface area contributed by atoms with Crippen molar-refractivity contribution in [2.75, 3.05) is 6.61 Å². The first-order chi connectivity index (χ1) is 11.1. The van der Waals surface area contributed by atoms with Gasteiger partial charge < -0.3 is 9.84 Å². The van der Waals surface area contributed by atoms with E-state index in [1.54, 1.807) is 0 Å². The highest BCUT2D eigenvalue weighted by Crippen LogP contribution is 2.69. The third kappa shape index (κ3) is 2.03. The summed E-state index contributed by atoms with van der Waals surface area (Å²) < 4.78 is 5.82. The molecule has 1 N–H and O–H groups in total. The number of carbonyl (C=O) groups is 1. The fourth-order valence-corrected chi connectivity index (χ4v) is 7.58. The first kappa shape index (κ1) is 16.9. The van der Waals surface area contributed by atoms with Crippen molar-refractivity contribution in [2.24, 2.45) is 34.0 Å². The first-order valence-corrected chi connectivity index (χ1v) is 10.0. The summed E-state index contributed by atoms with van der Waals surface area (Å²) in [6, 6.07) is 0. The Balaban J connectivity index is 1.77. The van der Waals surface area contributed by atoms with Crippen LogP contribution in [0.2, 0.25) is 0 Å². The highest BCUT2D eigenvalue weighted by Gasteiger charge is 2.67. The third-order valence-corrected chi connectivity index (χ3v) is 8.99. The number of esters is 1. The first-order valence-electron chi connectivity index (χ1n) is 10.0. The van der Waals surface area contributed by atoms with Gasteiger partial charge in [-0.05, 0) is 82.0 Å². The smallest absolute Gasteiger partial charge is 0.312 e. The van der Waals surface area contributed by atoms with Gasteiger partial charge in [-0.25, -0.2) is 0 Å². The van der Waals surface area contributed by atoms with E-state index in [0.29, 0.717) is 24.4 Å². The molecule has 4 fully saturated rings. The molecule has 24 heavy (non-hydrogen) atoms. The second-order valence-corrected chi connectivity index (χ2v) is 10.4. The minimum Gasteiger partial charge on any atom is -0.465 e. The van der Waals surface area contributed by atoms with Crippen LogP contribution in [-0.4, -0.2) is 23.3 Å². The molecule has 1 saturated heterocycles. The van der Waals surface area contributed by atoms with Gasteiger partial charge in [0.15, 0.2) is 0 Å². The Morgan fingerprint density at radius 1 is 1.04 bits per heavy atom. The van der Waals surface area contributed by atoms with Gasteiger partial charge in [-0.2, -0.15) is 0 Å². The van der Waals surface area contributed by atoms with Gasteiger partial charge in [0.1, 0.15) is 0 Å². The van der Waals surface area contributed by atoms with Gasteiger partial charge >= 0.3 is 5.97 Å². The van der Waals surface area contributed by atoms with Crippen molar-refractivity contribution in [1.82, 2.24) is 0 Å². The van der Waals surface area contributed by atoms with Crippen molar-refractivity contribution in [2.45, 2.75) is 84.7 Å². The SMILES string of the molecule is C[C@H]1CC[C@@H]2[C@](C)(CC[C@@H]3C4(C)CCC[C@]32COC4=O)C[C@@]1(C)O. The van der Waals surface area contributed by atoms with Crippen molar-refractivity contribution >= 4 is 5.97 Å². The van der Waals surface area contributed by atoms with Crippen molar-refractivity contribution in [3.63, 3.8) is 0 Å². The fraction of sp³-hybridized carbons (Fsp3) is 0.952. The number of carbonyl (C=O) groups excluding carboxylic acids is 1. The molecule has 3 nitrogen and oxygen atoms in total. The Bertz CT molecular complexity index is 555. The second-order valence-electron chi connectivity index (χ2n) is 10.4. The normalized spacial score (nSPS) is 57.4. The number of hydrogen-bond acceptors (Lipinski definition) is 3. The second kappa shape index (κ2) is 4.99. The summed E-state index contributed by atoms with van der Waals surface area (Å²) in [5.74, 6) is 1.46. The summed E-state index contributed by atoms with van der Waals surface area (Å²) in [5, 5.41) is 11.1. The summed E-state index contributed by atoms with van der Waals surface area (Å²) in [6.07, 6.45) is 8.79. The molecular formula is C21H34O3. The molecule has 0 radical (unpaired) electrons. The monoisotopic (exact) mass is 334 g/mol. The average molecular weight is 335 g/mol. The predicted molar refractivity (Wildman–Crippen MR) is 93.3 cm³/mol. The molecular weight excluding hydrogens is 300 g/mol. The largest absolute Gasteiger partial charge is 0.465 e. The molecule has 1 aliphatic heterocycles. The van der Waals surface area contributed by atoms with Crippen LogP contribution < -0.4 is 0 Å². The van der Waals surface area contributed by atoms with Crippen molar-refractivity contribution < 1.29 is 14.6 Å². The summed E-state index contributed by atoms with van der Waals surface area (Å²) >= 11 is 0. The van der Waals surface area contributed by atoms with E-state index < -0.39 is 5.60 Å². The van der Waals surface area contributed by atoms with Gasteiger partial charge in [0.2, 0.25) is 0 Å². The van der Waals surface area contributed by atoms with Crippen LogP contribution in [0.4, 0.5) is 0 Å². The molecule has 0 aromatic heterocycles. The molecule has 1 heterocycles. The van der Waals surface area contributed by atoms with Gasteiger partial charge in [-0.15, -0.1) is 0 Å². The van der Waals surface area contributed by atoms with E-state index in [1.165, 1.54) is 12.8 Å². The van der Waals surface area contributed by atoms with Gasteiger partial charge in [-0.3, -0.25) is 4.79 Å². The lowest BCUT2D eigenvalue weighted by atomic mass is 9.41. The minimum absolute atomic E-state index is 0.0559. The zero-order chi connectivity index (χ0) is 17.4. The highest BCUT2D eigenvalue weighted by molar-refractivity contribution is 5.78. The molecule has 0 aromatic carbocycles. The molecule has 0 amide bonds. The average Bonchev–Trinajstić information content (AvgIpc) is 2.58. The molecule has 4 rings (SSSR count). The summed E-state index contributed by atoms with van der Waals surface area (Å²) in [6.45, 7) is 9.47. The summed E-state index contributed by atoms with van der Waals surface area (Å²) in [5.41, 5.74) is -0.505. The molecule has 3 aliphatic carbocycles. The molecule has 3 saturated carbocycles. The Labute approximate surface area is 146 Å². The Kier molecular flexibility index (Phi) is 3.51. The van der Waals surface area contributed by atoms with E-state index in [4.69, 9.17) is 4.74 Å². The van der Waals surface area contributed by atoms with Crippen LogP contribution in [0.25, 0.3) is 0 Å². The molecule has 1 unspecified atom stereocenters. The number of rotatable bonds is 0. The van der Waals surface area contributed by atoms with E-state index in [-0.39, 0.29) is 22.2 Å². The Morgan fingerprint density at radius 3 is 2.54 bits per heavy atom. The maximum atomic E-state index is 12.6. The standard InChI is InChI=1S/C21H34O3/c1-14-6-7-15-18(2,12-20(14,4)23)11-8-16-19(3)9-5-10-21(15,16)13-24-17(19)22/h14-16,23H,5-13H2,1-4H3/t14-,15+,16+,18+,19?,20+,21+/m0/s1. The molecule has 0 aromatic rings. The van der Waals surface area contributed by atoms with Crippen LogP contribution in [0.5, 0.6) is 0 Å². The molecule has 4 aliphatic rings. The van der Waals surface area contributed by atoms with Crippen LogP contribution in [0.15, 0.2) is 0 Å². The Morgan fingerprint density at radius 2 is 1.79 bits per heavy atom. The van der Waals surface area contributed by atoms with Crippen molar-refractivity contribution in [3.05, 3.63) is 0 Å². The van der Waals surface area contributed by atoms with Crippen molar-refractivity contribution in [3.8, 4) is 0 Å². The topological polar surface area (TPSA) is 46.5 Å². The molecule has 0 spiro atoms. The van der Waals surface area contributed by atoms with Gasteiger partial charge in [0.25, 0.3) is 0 Å². The Hall–Kier alpha value is -0.570.